The molecule has 0 spiro atoms. The lowest BCUT2D eigenvalue weighted by molar-refractivity contribution is 0.443. The van der Waals surface area contributed by atoms with Crippen LogP contribution in [0.1, 0.15) is 46.0 Å². The highest BCUT2D eigenvalue weighted by Gasteiger charge is 2.22. The zero-order valence-electron chi connectivity index (χ0n) is 8.61. The fourth-order valence-electron chi connectivity index (χ4n) is 1.66. The molecule has 12 heavy (non-hydrogen) atoms. The molecule has 1 unspecified atom stereocenters. The SMILES string of the molecule is BC(C)(C)C1C#CCCCCC1. The van der Waals surface area contributed by atoms with Gasteiger partial charge in [-0.05, 0) is 12.8 Å². The van der Waals surface area contributed by atoms with Gasteiger partial charge in [-0.1, -0.05) is 32.0 Å². The van der Waals surface area contributed by atoms with Crippen LogP contribution in [0.2, 0.25) is 5.31 Å². The van der Waals surface area contributed by atoms with E-state index in [4.69, 9.17) is 0 Å². The van der Waals surface area contributed by atoms with Crippen molar-refractivity contribution in [2.75, 3.05) is 0 Å². The summed E-state index contributed by atoms with van der Waals surface area (Å²) in [5, 5.41) is 0.379. The Labute approximate surface area is 77.5 Å². The Hall–Kier alpha value is -0.375. The van der Waals surface area contributed by atoms with Crippen LogP contribution in [0.25, 0.3) is 0 Å². The second kappa shape index (κ2) is 4.03. The van der Waals surface area contributed by atoms with Crippen LogP contribution in [0.5, 0.6) is 0 Å². The van der Waals surface area contributed by atoms with E-state index in [1.165, 1.54) is 25.7 Å². The molecule has 1 aliphatic carbocycles. The molecule has 0 aromatic rings. The third-order valence-corrected chi connectivity index (χ3v) is 2.62. The van der Waals surface area contributed by atoms with Gasteiger partial charge in [0, 0.05) is 12.3 Å². The molecular formula is C11H19B. The summed E-state index contributed by atoms with van der Waals surface area (Å²) in [6, 6.07) is 0. The van der Waals surface area contributed by atoms with Gasteiger partial charge in [-0.15, -0.1) is 11.8 Å². The molecule has 0 amide bonds. The first-order valence-corrected chi connectivity index (χ1v) is 5.09. The smallest absolute Gasteiger partial charge is 0.103 e. The maximum Gasteiger partial charge on any atom is 0.110 e. The standard InChI is InChI=1S/C11H19B/c1-11(2,12)10-8-6-4-3-5-7-9-10/h10H,3-6,8,12H2,1-2H3. The van der Waals surface area contributed by atoms with Crippen LogP contribution >= 0.6 is 0 Å². The van der Waals surface area contributed by atoms with Gasteiger partial charge in [0.15, 0.2) is 0 Å². The molecule has 0 bridgehead atoms. The maximum atomic E-state index is 3.41. The molecule has 1 heteroatoms. The van der Waals surface area contributed by atoms with Crippen molar-refractivity contribution in [3.05, 3.63) is 0 Å². The van der Waals surface area contributed by atoms with Crippen molar-refractivity contribution in [1.29, 1.82) is 0 Å². The Bertz CT molecular complexity index is 189. The van der Waals surface area contributed by atoms with Gasteiger partial charge < -0.3 is 0 Å². The summed E-state index contributed by atoms with van der Waals surface area (Å²) in [7, 11) is 2.30. The average Bonchev–Trinajstić information content (AvgIpc) is 1.81. The quantitative estimate of drug-likeness (QED) is 0.410. The highest BCUT2D eigenvalue weighted by Crippen LogP contribution is 2.34. The van der Waals surface area contributed by atoms with Crippen molar-refractivity contribution in [2.24, 2.45) is 5.92 Å². The zero-order valence-corrected chi connectivity index (χ0v) is 8.61. The molecule has 1 aliphatic rings. The molecule has 0 fully saturated rings. The van der Waals surface area contributed by atoms with E-state index >= 15 is 0 Å². The Morgan fingerprint density at radius 1 is 1.25 bits per heavy atom. The Kier molecular flexibility index (Phi) is 3.26. The third-order valence-electron chi connectivity index (χ3n) is 2.62. The van der Waals surface area contributed by atoms with Gasteiger partial charge >= 0.3 is 0 Å². The number of hydrogen-bond acceptors (Lipinski definition) is 0. The lowest BCUT2D eigenvalue weighted by Gasteiger charge is -2.27. The van der Waals surface area contributed by atoms with Crippen LogP contribution in [0.3, 0.4) is 0 Å². The van der Waals surface area contributed by atoms with Crippen molar-refractivity contribution in [3.8, 4) is 11.8 Å². The molecule has 0 radical (unpaired) electrons. The van der Waals surface area contributed by atoms with Crippen LogP contribution in [-0.4, -0.2) is 7.85 Å². The molecule has 0 saturated heterocycles. The highest BCUT2D eigenvalue weighted by atomic mass is 14.2. The van der Waals surface area contributed by atoms with E-state index in [0.717, 1.165) is 6.42 Å². The van der Waals surface area contributed by atoms with Crippen molar-refractivity contribution >= 4 is 7.85 Å². The summed E-state index contributed by atoms with van der Waals surface area (Å²) in [4.78, 5) is 0. The predicted octanol–water partition coefficient (Wildman–Crippen LogP) is 2.40. The average molecular weight is 162 g/mol. The minimum absolute atomic E-state index is 0.379. The van der Waals surface area contributed by atoms with Crippen LogP contribution in [0, 0.1) is 17.8 Å². The molecule has 0 nitrogen and oxygen atoms in total. The summed E-state index contributed by atoms with van der Waals surface area (Å²) in [6.45, 7) is 4.60. The summed E-state index contributed by atoms with van der Waals surface area (Å²) in [5.41, 5.74) is 0. The van der Waals surface area contributed by atoms with Gasteiger partial charge in [0.2, 0.25) is 0 Å². The van der Waals surface area contributed by atoms with Crippen LogP contribution in [0.4, 0.5) is 0 Å². The van der Waals surface area contributed by atoms with Crippen LogP contribution < -0.4 is 0 Å². The minimum Gasteiger partial charge on any atom is -0.103 e. The Balaban J connectivity index is 2.61. The summed E-state index contributed by atoms with van der Waals surface area (Å²) >= 11 is 0. The fourth-order valence-corrected chi connectivity index (χ4v) is 1.66. The normalized spacial score (nSPS) is 25.0. The summed E-state index contributed by atoms with van der Waals surface area (Å²) in [5.74, 6) is 7.33. The topological polar surface area (TPSA) is 0 Å². The first kappa shape index (κ1) is 9.71. The highest BCUT2D eigenvalue weighted by molar-refractivity contribution is 6.15. The van der Waals surface area contributed by atoms with Crippen molar-refractivity contribution in [1.82, 2.24) is 0 Å². The predicted molar refractivity (Wildman–Crippen MR) is 56.9 cm³/mol. The van der Waals surface area contributed by atoms with Gasteiger partial charge in [0.25, 0.3) is 0 Å². The van der Waals surface area contributed by atoms with Gasteiger partial charge in [-0.3, -0.25) is 0 Å². The zero-order chi connectivity index (χ0) is 9.03. The minimum atomic E-state index is 0.379. The first-order chi connectivity index (χ1) is 5.61. The van der Waals surface area contributed by atoms with Gasteiger partial charge in [-0.2, -0.15) is 0 Å². The maximum absolute atomic E-state index is 3.41. The Morgan fingerprint density at radius 2 is 2.00 bits per heavy atom. The van der Waals surface area contributed by atoms with Crippen molar-refractivity contribution < 1.29 is 0 Å². The van der Waals surface area contributed by atoms with Crippen LogP contribution in [0.15, 0.2) is 0 Å². The second-order valence-corrected chi connectivity index (χ2v) is 4.84. The molecular weight excluding hydrogens is 143 g/mol. The molecule has 66 valence electrons. The summed E-state index contributed by atoms with van der Waals surface area (Å²) < 4.78 is 0. The van der Waals surface area contributed by atoms with Crippen LogP contribution in [-0.2, 0) is 0 Å². The van der Waals surface area contributed by atoms with E-state index in [9.17, 15) is 0 Å². The molecule has 0 aliphatic heterocycles. The number of hydrogen-bond donors (Lipinski definition) is 0. The third kappa shape index (κ3) is 2.93. The molecule has 0 saturated carbocycles. The second-order valence-electron chi connectivity index (χ2n) is 4.84. The van der Waals surface area contributed by atoms with E-state index in [1.807, 2.05) is 0 Å². The van der Waals surface area contributed by atoms with E-state index in [0.29, 0.717) is 11.2 Å². The monoisotopic (exact) mass is 162 g/mol. The molecule has 0 aromatic heterocycles. The molecule has 0 aromatic carbocycles. The van der Waals surface area contributed by atoms with Gasteiger partial charge in [0.05, 0.1) is 0 Å². The van der Waals surface area contributed by atoms with E-state index in [-0.39, 0.29) is 0 Å². The number of rotatable bonds is 1. The first-order valence-electron chi connectivity index (χ1n) is 5.09. The molecule has 0 N–H and O–H groups in total. The van der Waals surface area contributed by atoms with Gasteiger partial charge in [-0.25, -0.2) is 0 Å². The lowest BCUT2D eigenvalue weighted by atomic mass is 9.62. The molecule has 0 heterocycles. The van der Waals surface area contributed by atoms with E-state index in [2.05, 4.69) is 33.5 Å². The van der Waals surface area contributed by atoms with Gasteiger partial charge in [0.1, 0.15) is 7.85 Å². The fraction of sp³-hybridized carbons (Fsp3) is 0.818. The van der Waals surface area contributed by atoms with E-state index in [1.54, 1.807) is 0 Å². The Morgan fingerprint density at radius 3 is 2.67 bits per heavy atom. The largest absolute Gasteiger partial charge is 0.110 e. The molecule has 1 rings (SSSR count). The van der Waals surface area contributed by atoms with Crippen molar-refractivity contribution in [3.63, 3.8) is 0 Å². The summed E-state index contributed by atoms with van der Waals surface area (Å²) in [6.07, 6.45) is 6.48. The lowest BCUT2D eigenvalue weighted by Crippen LogP contribution is -2.16. The van der Waals surface area contributed by atoms with E-state index < -0.39 is 0 Å². The van der Waals surface area contributed by atoms with Crippen molar-refractivity contribution in [2.45, 2.75) is 51.3 Å². The molecule has 1 atom stereocenters.